The SMILES string of the molecule is CC(C)(C)c1cc(OC2CC2)cnc1CN. The molecule has 16 heavy (non-hydrogen) atoms. The molecule has 2 rings (SSSR count). The molecule has 3 nitrogen and oxygen atoms in total. The molecule has 1 fully saturated rings. The third-order valence-electron chi connectivity index (χ3n) is 2.77. The second-order valence-electron chi connectivity index (χ2n) is 5.44. The Labute approximate surface area is 97.0 Å². The van der Waals surface area contributed by atoms with Crippen molar-refractivity contribution in [2.24, 2.45) is 5.73 Å². The molecule has 3 heteroatoms. The van der Waals surface area contributed by atoms with Gasteiger partial charge in [0.15, 0.2) is 0 Å². The molecule has 1 aromatic heterocycles. The van der Waals surface area contributed by atoms with Crippen LogP contribution in [0.4, 0.5) is 0 Å². The van der Waals surface area contributed by atoms with Crippen molar-refractivity contribution >= 4 is 0 Å². The Hall–Kier alpha value is -1.09. The van der Waals surface area contributed by atoms with E-state index in [1.807, 2.05) is 0 Å². The Morgan fingerprint density at radius 2 is 2.12 bits per heavy atom. The summed E-state index contributed by atoms with van der Waals surface area (Å²) in [6, 6.07) is 2.09. The average Bonchev–Trinajstić information content (AvgIpc) is 3.00. The lowest BCUT2D eigenvalue weighted by atomic mass is 9.85. The zero-order chi connectivity index (χ0) is 11.8. The summed E-state index contributed by atoms with van der Waals surface area (Å²) in [5, 5.41) is 0. The summed E-state index contributed by atoms with van der Waals surface area (Å²) in [5.41, 5.74) is 7.92. The van der Waals surface area contributed by atoms with Gasteiger partial charge in [0.1, 0.15) is 5.75 Å². The Morgan fingerprint density at radius 1 is 1.44 bits per heavy atom. The van der Waals surface area contributed by atoms with Crippen molar-refractivity contribution in [3.05, 3.63) is 23.5 Å². The summed E-state index contributed by atoms with van der Waals surface area (Å²) in [6.45, 7) is 6.99. The number of hydrogen-bond donors (Lipinski definition) is 1. The first-order chi connectivity index (χ1) is 7.50. The van der Waals surface area contributed by atoms with Crippen molar-refractivity contribution in [1.29, 1.82) is 0 Å². The topological polar surface area (TPSA) is 48.1 Å². The van der Waals surface area contributed by atoms with E-state index in [1.165, 1.54) is 18.4 Å². The first kappa shape index (κ1) is 11.4. The van der Waals surface area contributed by atoms with Gasteiger partial charge in [0, 0.05) is 6.54 Å². The number of ether oxygens (including phenoxy) is 1. The summed E-state index contributed by atoms with van der Waals surface area (Å²) >= 11 is 0. The monoisotopic (exact) mass is 220 g/mol. The summed E-state index contributed by atoms with van der Waals surface area (Å²) in [7, 11) is 0. The van der Waals surface area contributed by atoms with Gasteiger partial charge in [0.2, 0.25) is 0 Å². The van der Waals surface area contributed by atoms with Crippen molar-refractivity contribution < 1.29 is 4.74 Å². The fraction of sp³-hybridized carbons (Fsp3) is 0.615. The molecule has 0 spiro atoms. The van der Waals surface area contributed by atoms with Gasteiger partial charge in [-0.2, -0.15) is 0 Å². The number of rotatable bonds is 3. The molecule has 0 bridgehead atoms. The highest BCUT2D eigenvalue weighted by molar-refractivity contribution is 5.34. The molecule has 0 saturated heterocycles. The fourth-order valence-corrected chi connectivity index (χ4v) is 1.73. The van der Waals surface area contributed by atoms with Gasteiger partial charge in [-0.1, -0.05) is 20.8 Å². The second kappa shape index (κ2) is 4.06. The van der Waals surface area contributed by atoms with E-state index in [1.54, 1.807) is 6.20 Å². The van der Waals surface area contributed by atoms with Crippen LogP contribution in [-0.4, -0.2) is 11.1 Å². The van der Waals surface area contributed by atoms with Crippen LogP contribution in [-0.2, 0) is 12.0 Å². The Balaban J connectivity index is 2.29. The van der Waals surface area contributed by atoms with Gasteiger partial charge in [0.25, 0.3) is 0 Å². The molecule has 0 atom stereocenters. The number of pyridine rings is 1. The van der Waals surface area contributed by atoms with Crippen molar-refractivity contribution in [2.45, 2.75) is 51.7 Å². The van der Waals surface area contributed by atoms with Crippen molar-refractivity contribution in [1.82, 2.24) is 4.98 Å². The van der Waals surface area contributed by atoms with Gasteiger partial charge in [-0.15, -0.1) is 0 Å². The molecule has 0 radical (unpaired) electrons. The fourth-order valence-electron chi connectivity index (χ4n) is 1.73. The third kappa shape index (κ3) is 2.53. The van der Waals surface area contributed by atoms with Crippen LogP contribution in [0.15, 0.2) is 12.3 Å². The molecule has 2 N–H and O–H groups in total. The number of nitrogens with two attached hydrogens (primary N) is 1. The molecular formula is C13H20N2O. The van der Waals surface area contributed by atoms with Crippen molar-refractivity contribution in [3.8, 4) is 5.75 Å². The van der Waals surface area contributed by atoms with Gasteiger partial charge in [-0.25, -0.2) is 0 Å². The highest BCUT2D eigenvalue weighted by Crippen LogP contribution is 2.31. The highest BCUT2D eigenvalue weighted by atomic mass is 16.5. The lowest BCUT2D eigenvalue weighted by molar-refractivity contribution is 0.300. The van der Waals surface area contributed by atoms with Crippen molar-refractivity contribution in [3.63, 3.8) is 0 Å². The molecule has 1 aliphatic rings. The van der Waals surface area contributed by atoms with Gasteiger partial charge < -0.3 is 10.5 Å². The van der Waals surface area contributed by atoms with Crippen LogP contribution in [0.2, 0.25) is 0 Å². The third-order valence-corrected chi connectivity index (χ3v) is 2.77. The van der Waals surface area contributed by atoms with Crippen LogP contribution in [0.1, 0.15) is 44.9 Å². The van der Waals surface area contributed by atoms with E-state index in [0.717, 1.165) is 11.4 Å². The molecule has 1 aliphatic carbocycles. The first-order valence-corrected chi connectivity index (χ1v) is 5.87. The van der Waals surface area contributed by atoms with Crippen LogP contribution in [0.5, 0.6) is 5.75 Å². The Morgan fingerprint density at radius 3 is 2.62 bits per heavy atom. The maximum absolute atomic E-state index is 5.76. The first-order valence-electron chi connectivity index (χ1n) is 5.87. The standard InChI is InChI=1S/C13H20N2O/c1-13(2,3)11-6-10(16-9-4-5-9)8-15-12(11)7-14/h6,8-9H,4-5,7,14H2,1-3H3. The van der Waals surface area contributed by atoms with Gasteiger partial charge >= 0.3 is 0 Å². The van der Waals surface area contributed by atoms with Crippen LogP contribution in [0.3, 0.4) is 0 Å². The molecule has 0 amide bonds. The second-order valence-corrected chi connectivity index (χ2v) is 5.44. The van der Waals surface area contributed by atoms with Crippen LogP contribution < -0.4 is 10.5 Å². The van der Waals surface area contributed by atoms with Gasteiger partial charge in [-0.3, -0.25) is 4.98 Å². The zero-order valence-electron chi connectivity index (χ0n) is 10.3. The average molecular weight is 220 g/mol. The quantitative estimate of drug-likeness (QED) is 0.850. The molecule has 1 heterocycles. The Kier molecular flexibility index (Phi) is 2.89. The largest absolute Gasteiger partial charge is 0.489 e. The predicted octanol–water partition coefficient (Wildman–Crippen LogP) is 2.38. The van der Waals surface area contributed by atoms with E-state index >= 15 is 0 Å². The summed E-state index contributed by atoms with van der Waals surface area (Å²) in [5.74, 6) is 0.879. The Bertz CT molecular complexity index is 378. The molecule has 0 unspecified atom stereocenters. The van der Waals surface area contributed by atoms with Gasteiger partial charge in [-0.05, 0) is 29.9 Å². The predicted molar refractivity (Wildman–Crippen MR) is 64.5 cm³/mol. The summed E-state index contributed by atoms with van der Waals surface area (Å²) in [4.78, 5) is 4.39. The molecule has 0 aliphatic heterocycles. The lowest BCUT2D eigenvalue weighted by Gasteiger charge is -2.22. The minimum atomic E-state index is 0.0601. The normalized spacial score (nSPS) is 16.2. The van der Waals surface area contributed by atoms with Crippen LogP contribution in [0.25, 0.3) is 0 Å². The minimum absolute atomic E-state index is 0.0601. The van der Waals surface area contributed by atoms with Crippen LogP contribution in [0, 0.1) is 0 Å². The molecule has 88 valence electrons. The van der Waals surface area contributed by atoms with E-state index in [0.29, 0.717) is 12.6 Å². The maximum atomic E-state index is 5.76. The molecule has 0 aromatic carbocycles. The van der Waals surface area contributed by atoms with E-state index < -0.39 is 0 Å². The smallest absolute Gasteiger partial charge is 0.138 e. The maximum Gasteiger partial charge on any atom is 0.138 e. The van der Waals surface area contributed by atoms with E-state index in [9.17, 15) is 0 Å². The van der Waals surface area contributed by atoms with E-state index in [-0.39, 0.29) is 5.41 Å². The number of aromatic nitrogens is 1. The summed E-state index contributed by atoms with van der Waals surface area (Å²) < 4.78 is 5.76. The molecular weight excluding hydrogens is 200 g/mol. The number of nitrogens with zero attached hydrogens (tertiary/aromatic N) is 1. The van der Waals surface area contributed by atoms with E-state index in [4.69, 9.17) is 10.5 Å². The molecule has 1 aromatic rings. The van der Waals surface area contributed by atoms with Crippen LogP contribution >= 0.6 is 0 Å². The highest BCUT2D eigenvalue weighted by Gasteiger charge is 2.25. The zero-order valence-corrected chi connectivity index (χ0v) is 10.3. The van der Waals surface area contributed by atoms with Gasteiger partial charge in [0.05, 0.1) is 18.0 Å². The molecule has 1 saturated carbocycles. The minimum Gasteiger partial charge on any atom is -0.489 e. The van der Waals surface area contributed by atoms with Crippen molar-refractivity contribution in [2.75, 3.05) is 0 Å². The lowest BCUT2D eigenvalue weighted by Crippen LogP contribution is -2.17. The van der Waals surface area contributed by atoms with E-state index in [2.05, 4.69) is 31.8 Å². The number of hydrogen-bond acceptors (Lipinski definition) is 3. The summed E-state index contributed by atoms with van der Waals surface area (Å²) in [6.07, 6.45) is 4.54.